The van der Waals surface area contributed by atoms with E-state index in [1.165, 1.54) is 31.4 Å². The number of methoxy groups -OCH3 is 1. The maximum atomic E-state index is 14.5. The van der Waals surface area contributed by atoms with Crippen LogP contribution in [0.5, 0.6) is 11.5 Å². The van der Waals surface area contributed by atoms with Crippen molar-refractivity contribution >= 4 is 10.8 Å². The highest BCUT2D eigenvalue weighted by Crippen LogP contribution is 2.35. The summed E-state index contributed by atoms with van der Waals surface area (Å²) >= 11 is 0. The van der Waals surface area contributed by atoms with Gasteiger partial charge in [-0.25, -0.2) is 13.2 Å². The van der Waals surface area contributed by atoms with Gasteiger partial charge in [0.25, 0.3) is 0 Å². The zero-order valence-electron chi connectivity index (χ0n) is 13.5. The van der Waals surface area contributed by atoms with Crippen LogP contribution in [0.4, 0.5) is 13.2 Å². The zero-order valence-corrected chi connectivity index (χ0v) is 13.5. The summed E-state index contributed by atoms with van der Waals surface area (Å²) in [4.78, 5) is 0. The third-order valence-corrected chi connectivity index (χ3v) is 3.84. The zero-order chi connectivity index (χ0) is 18.0. The molecule has 0 radical (unpaired) electrons. The molecule has 3 aromatic rings. The van der Waals surface area contributed by atoms with Crippen molar-refractivity contribution < 1.29 is 22.6 Å². The van der Waals surface area contributed by atoms with Crippen molar-refractivity contribution in [2.24, 2.45) is 0 Å². The molecule has 3 rings (SSSR count). The molecule has 0 N–H and O–H groups in total. The first-order valence-corrected chi connectivity index (χ1v) is 7.55. The minimum absolute atomic E-state index is 0.0480. The molecule has 0 heterocycles. The molecule has 3 aromatic carbocycles. The molecule has 0 aliphatic rings. The van der Waals surface area contributed by atoms with E-state index in [2.05, 4.69) is 6.58 Å². The van der Waals surface area contributed by atoms with Crippen molar-refractivity contribution in [1.82, 2.24) is 0 Å². The van der Waals surface area contributed by atoms with Gasteiger partial charge in [0.1, 0.15) is 12.4 Å². The van der Waals surface area contributed by atoms with E-state index in [0.29, 0.717) is 11.3 Å². The molecule has 0 atom stereocenters. The SMILES string of the molecule is C=CCOc1ccc2cc(-c3ccc(OC)cc3)c(F)c(F)c2c1F. The number of hydrogen-bond acceptors (Lipinski definition) is 2. The lowest BCUT2D eigenvalue weighted by Crippen LogP contribution is -1.99. The van der Waals surface area contributed by atoms with Crippen LogP contribution in [0.25, 0.3) is 21.9 Å². The standard InChI is InChI=1S/C20H15F3O2/c1-3-10-25-16-9-6-13-11-15(12-4-7-14(24-2)8-5-12)18(21)20(23)17(13)19(16)22/h3-9,11H,1,10H2,2H3. The molecule has 5 heteroatoms. The van der Waals surface area contributed by atoms with Gasteiger partial charge in [-0.1, -0.05) is 30.9 Å². The van der Waals surface area contributed by atoms with Gasteiger partial charge >= 0.3 is 0 Å². The monoisotopic (exact) mass is 344 g/mol. The smallest absolute Gasteiger partial charge is 0.175 e. The summed E-state index contributed by atoms with van der Waals surface area (Å²) in [6.07, 6.45) is 1.44. The quantitative estimate of drug-likeness (QED) is 0.569. The minimum atomic E-state index is -1.25. The average molecular weight is 344 g/mol. The third kappa shape index (κ3) is 3.05. The minimum Gasteiger partial charge on any atom is -0.497 e. The molecule has 0 unspecified atom stereocenters. The summed E-state index contributed by atoms with van der Waals surface area (Å²) < 4.78 is 53.7. The van der Waals surface area contributed by atoms with E-state index < -0.39 is 22.8 Å². The van der Waals surface area contributed by atoms with Crippen molar-refractivity contribution in [2.45, 2.75) is 0 Å². The molecule has 0 amide bonds. The second-order valence-electron chi connectivity index (χ2n) is 5.36. The van der Waals surface area contributed by atoms with E-state index in [4.69, 9.17) is 9.47 Å². The maximum absolute atomic E-state index is 14.5. The van der Waals surface area contributed by atoms with Crippen LogP contribution in [0.2, 0.25) is 0 Å². The Labute approximate surface area is 143 Å². The number of benzene rings is 3. The van der Waals surface area contributed by atoms with Gasteiger partial charge in [0, 0.05) is 5.56 Å². The number of hydrogen-bond donors (Lipinski definition) is 0. The van der Waals surface area contributed by atoms with Crippen molar-refractivity contribution in [2.75, 3.05) is 13.7 Å². The van der Waals surface area contributed by atoms with Gasteiger partial charge in [-0.2, -0.15) is 0 Å². The predicted octanol–water partition coefficient (Wildman–Crippen LogP) is 5.50. The molecule has 0 aliphatic heterocycles. The maximum Gasteiger partial charge on any atom is 0.175 e. The highest BCUT2D eigenvalue weighted by Gasteiger charge is 2.20. The van der Waals surface area contributed by atoms with E-state index in [-0.39, 0.29) is 23.3 Å². The third-order valence-electron chi connectivity index (χ3n) is 3.84. The molecular weight excluding hydrogens is 329 g/mol. The van der Waals surface area contributed by atoms with Crippen molar-refractivity contribution in [3.8, 4) is 22.6 Å². The molecule has 25 heavy (non-hydrogen) atoms. The van der Waals surface area contributed by atoms with E-state index >= 15 is 0 Å². The number of halogens is 3. The summed E-state index contributed by atoms with van der Waals surface area (Å²) in [6.45, 7) is 3.53. The van der Waals surface area contributed by atoms with E-state index in [1.54, 1.807) is 24.3 Å². The highest BCUT2D eigenvalue weighted by molar-refractivity contribution is 5.90. The largest absolute Gasteiger partial charge is 0.497 e. The van der Waals surface area contributed by atoms with Gasteiger partial charge in [0.05, 0.1) is 12.5 Å². The lowest BCUT2D eigenvalue weighted by Gasteiger charge is -2.12. The Kier molecular flexibility index (Phi) is 4.65. The van der Waals surface area contributed by atoms with Crippen LogP contribution in [-0.2, 0) is 0 Å². The van der Waals surface area contributed by atoms with Gasteiger partial charge in [0.2, 0.25) is 0 Å². The molecule has 0 aromatic heterocycles. The van der Waals surface area contributed by atoms with Crippen molar-refractivity contribution in [3.05, 3.63) is 72.6 Å². The first-order valence-electron chi connectivity index (χ1n) is 7.55. The lowest BCUT2D eigenvalue weighted by molar-refractivity contribution is 0.343. The second-order valence-corrected chi connectivity index (χ2v) is 5.36. The van der Waals surface area contributed by atoms with Crippen LogP contribution in [0.3, 0.4) is 0 Å². The van der Waals surface area contributed by atoms with Crippen molar-refractivity contribution in [1.29, 1.82) is 0 Å². The van der Waals surface area contributed by atoms with Crippen LogP contribution >= 0.6 is 0 Å². The predicted molar refractivity (Wildman–Crippen MR) is 91.5 cm³/mol. The molecule has 2 nitrogen and oxygen atoms in total. The lowest BCUT2D eigenvalue weighted by atomic mass is 9.99. The topological polar surface area (TPSA) is 18.5 Å². The number of fused-ring (bicyclic) bond motifs is 1. The Hall–Kier alpha value is -2.95. The molecule has 128 valence electrons. The Morgan fingerprint density at radius 2 is 1.68 bits per heavy atom. The van der Waals surface area contributed by atoms with Gasteiger partial charge in [0.15, 0.2) is 23.2 Å². The molecule has 0 fully saturated rings. The first-order chi connectivity index (χ1) is 12.1. The fourth-order valence-electron chi connectivity index (χ4n) is 2.60. The van der Waals surface area contributed by atoms with Crippen LogP contribution in [-0.4, -0.2) is 13.7 Å². The highest BCUT2D eigenvalue weighted by atomic mass is 19.2. The van der Waals surface area contributed by atoms with Crippen molar-refractivity contribution in [3.63, 3.8) is 0 Å². The molecular formula is C20H15F3O2. The Bertz CT molecular complexity index is 934. The molecule has 0 saturated heterocycles. The van der Waals surface area contributed by atoms with Crippen LogP contribution in [0.15, 0.2) is 55.1 Å². The van der Waals surface area contributed by atoms with E-state index in [9.17, 15) is 13.2 Å². The summed E-state index contributed by atoms with van der Waals surface area (Å²) in [7, 11) is 1.51. The Morgan fingerprint density at radius 3 is 2.32 bits per heavy atom. The Morgan fingerprint density at radius 1 is 0.960 bits per heavy atom. The normalized spacial score (nSPS) is 10.7. The number of ether oxygens (including phenoxy) is 2. The molecule has 0 bridgehead atoms. The molecule has 0 spiro atoms. The summed E-state index contributed by atoms with van der Waals surface area (Å²) in [5, 5.41) is -0.190. The number of rotatable bonds is 5. The van der Waals surface area contributed by atoms with Gasteiger partial charge in [-0.15, -0.1) is 0 Å². The van der Waals surface area contributed by atoms with Crippen LogP contribution in [0.1, 0.15) is 0 Å². The van der Waals surface area contributed by atoms with E-state index in [1.807, 2.05) is 0 Å². The summed E-state index contributed by atoms with van der Waals surface area (Å²) in [5.41, 5.74) is 0.512. The summed E-state index contributed by atoms with van der Waals surface area (Å²) in [6, 6.07) is 10.8. The van der Waals surface area contributed by atoms with Crippen LogP contribution < -0.4 is 9.47 Å². The van der Waals surface area contributed by atoms with Gasteiger partial charge < -0.3 is 9.47 Å². The summed E-state index contributed by atoms with van der Waals surface area (Å²) in [5.74, 6) is -2.84. The first kappa shape index (κ1) is 16.9. The average Bonchev–Trinajstić information content (AvgIpc) is 2.64. The van der Waals surface area contributed by atoms with Gasteiger partial charge in [-0.3, -0.25) is 0 Å². The second kappa shape index (κ2) is 6.89. The van der Waals surface area contributed by atoms with E-state index in [0.717, 1.165) is 0 Å². The fraction of sp³-hybridized carbons (Fsp3) is 0.100. The van der Waals surface area contributed by atoms with Gasteiger partial charge in [-0.05, 0) is 35.2 Å². The molecule has 0 aliphatic carbocycles. The molecule has 0 saturated carbocycles. The fourth-order valence-corrected chi connectivity index (χ4v) is 2.60. The van der Waals surface area contributed by atoms with Crippen LogP contribution in [0, 0.1) is 17.5 Å². The Balaban J connectivity index is 2.16.